The number of benzene rings is 1. The van der Waals surface area contributed by atoms with E-state index in [1.54, 1.807) is 0 Å². The van der Waals surface area contributed by atoms with Gasteiger partial charge in [-0.3, -0.25) is 0 Å². The Balaban J connectivity index is 2.39. The van der Waals surface area contributed by atoms with Gasteiger partial charge in [-0.1, -0.05) is 18.2 Å². The topological polar surface area (TPSA) is 40.5 Å². The van der Waals surface area contributed by atoms with Gasteiger partial charge in [0.2, 0.25) is 0 Å². The predicted octanol–water partition coefficient (Wildman–Crippen LogP) is 1.55. The van der Waals surface area contributed by atoms with Crippen molar-refractivity contribution in [2.45, 2.75) is 32.0 Å². The molecule has 0 bridgehead atoms. The Morgan fingerprint density at radius 3 is 3.00 bits per heavy atom. The maximum absolute atomic E-state index is 9.66. The lowest BCUT2D eigenvalue weighted by Gasteiger charge is -2.21. The molecule has 1 unspecified atom stereocenters. The highest BCUT2D eigenvalue weighted by molar-refractivity contribution is 5.35. The summed E-state index contributed by atoms with van der Waals surface area (Å²) >= 11 is 0. The second-order valence-electron chi connectivity index (χ2n) is 3.60. The molecule has 2 N–H and O–H groups in total. The third-order valence-electron chi connectivity index (χ3n) is 2.67. The molecular formula is C11H14O2. The molecule has 0 saturated carbocycles. The van der Waals surface area contributed by atoms with E-state index in [0.29, 0.717) is 0 Å². The van der Waals surface area contributed by atoms with Crippen molar-refractivity contribution in [3.63, 3.8) is 0 Å². The lowest BCUT2D eigenvalue weighted by atomic mass is 9.88. The van der Waals surface area contributed by atoms with Crippen LogP contribution in [0.5, 0.6) is 0 Å². The number of aryl methyl sites for hydroxylation is 1. The van der Waals surface area contributed by atoms with Crippen LogP contribution in [0, 0.1) is 0 Å². The van der Waals surface area contributed by atoms with Crippen LogP contribution in [0.25, 0.3) is 0 Å². The molecule has 1 aliphatic rings. The van der Waals surface area contributed by atoms with Gasteiger partial charge >= 0.3 is 0 Å². The van der Waals surface area contributed by atoms with Crippen molar-refractivity contribution < 1.29 is 10.2 Å². The summed E-state index contributed by atoms with van der Waals surface area (Å²) in [7, 11) is 0. The normalized spacial score (nSPS) is 21.2. The summed E-state index contributed by atoms with van der Waals surface area (Å²) in [6.45, 7) is 0.0867. The molecule has 13 heavy (non-hydrogen) atoms. The smallest absolute Gasteiger partial charge is 0.0792 e. The molecule has 2 rings (SSSR count). The predicted molar refractivity (Wildman–Crippen MR) is 50.3 cm³/mol. The minimum absolute atomic E-state index is 0.0867. The highest BCUT2D eigenvalue weighted by Crippen LogP contribution is 2.29. The Bertz CT molecular complexity index is 307. The van der Waals surface area contributed by atoms with Crippen molar-refractivity contribution in [2.24, 2.45) is 0 Å². The molecule has 0 saturated heterocycles. The molecule has 0 aromatic heterocycles. The molecule has 0 radical (unpaired) electrons. The molecular weight excluding hydrogens is 164 g/mol. The lowest BCUT2D eigenvalue weighted by Crippen LogP contribution is -2.09. The van der Waals surface area contributed by atoms with Gasteiger partial charge in [0, 0.05) is 0 Å². The van der Waals surface area contributed by atoms with Crippen LogP contribution >= 0.6 is 0 Å². The van der Waals surface area contributed by atoms with Gasteiger partial charge in [0.15, 0.2) is 0 Å². The first-order valence-corrected chi connectivity index (χ1v) is 4.72. The minimum atomic E-state index is -0.295. The number of aliphatic hydroxyl groups excluding tert-OH is 2. The molecule has 1 aliphatic carbocycles. The third-order valence-corrected chi connectivity index (χ3v) is 2.67. The van der Waals surface area contributed by atoms with Crippen LogP contribution in [0.4, 0.5) is 0 Å². The highest BCUT2D eigenvalue weighted by Gasteiger charge is 2.17. The van der Waals surface area contributed by atoms with E-state index in [9.17, 15) is 5.11 Å². The van der Waals surface area contributed by atoms with Crippen LogP contribution < -0.4 is 0 Å². The molecule has 0 heterocycles. The highest BCUT2D eigenvalue weighted by atomic mass is 16.3. The van der Waals surface area contributed by atoms with Gasteiger partial charge in [-0.25, -0.2) is 0 Å². The van der Waals surface area contributed by atoms with E-state index in [4.69, 9.17) is 5.11 Å². The van der Waals surface area contributed by atoms with Crippen molar-refractivity contribution in [1.82, 2.24) is 0 Å². The van der Waals surface area contributed by atoms with Crippen molar-refractivity contribution in [2.75, 3.05) is 0 Å². The molecule has 0 amide bonds. The van der Waals surface area contributed by atoms with Gasteiger partial charge in [0.05, 0.1) is 12.7 Å². The quantitative estimate of drug-likeness (QED) is 0.685. The first-order valence-electron chi connectivity index (χ1n) is 4.72. The zero-order chi connectivity index (χ0) is 9.26. The molecule has 2 nitrogen and oxygen atoms in total. The standard InChI is InChI=1S/C11H14O2/c12-7-8-4-5-10-9(6-8)2-1-3-11(10)13/h4-6,11-13H,1-3,7H2. The molecule has 0 aliphatic heterocycles. The fourth-order valence-corrected chi connectivity index (χ4v) is 1.94. The molecule has 2 heteroatoms. The fourth-order valence-electron chi connectivity index (χ4n) is 1.94. The van der Waals surface area contributed by atoms with E-state index in [0.717, 1.165) is 30.4 Å². The summed E-state index contributed by atoms with van der Waals surface area (Å²) in [4.78, 5) is 0. The van der Waals surface area contributed by atoms with Crippen molar-refractivity contribution >= 4 is 0 Å². The second kappa shape index (κ2) is 3.48. The Morgan fingerprint density at radius 1 is 1.38 bits per heavy atom. The van der Waals surface area contributed by atoms with E-state index in [1.807, 2.05) is 18.2 Å². The number of aliphatic hydroxyl groups is 2. The first kappa shape index (κ1) is 8.73. The van der Waals surface area contributed by atoms with E-state index in [-0.39, 0.29) is 12.7 Å². The molecule has 1 aromatic carbocycles. The van der Waals surface area contributed by atoms with Gasteiger partial charge in [-0.2, -0.15) is 0 Å². The monoisotopic (exact) mass is 178 g/mol. The number of fused-ring (bicyclic) bond motifs is 1. The zero-order valence-corrected chi connectivity index (χ0v) is 7.53. The summed E-state index contributed by atoms with van der Waals surface area (Å²) in [6.07, 6.45) is 2.64. The van der Waals surface area contributed by atoms with Gasteiger partial charge in [0.1, 0.15) is 0 Å². The lowest BCUT2D eigenvalue weighted by molar-refractivity contribution is 0.156. The number of hydrogen-bond donors (Lipinski definition) is 2. The van der Waals surface area contributed by atoms with Gasteiger partial charge in [-0.15, -0.1) is 0 Å². The van der Waals surface area contributed by atoms with Gasteiger partial charge < -0.3 is 10.2 Å². The maximum atomic E-state index is 9.66. The summed E-state index contributed by atoms with van der Waals surface area (Å²) < 4.78 is 0. The van der Waals surface area contributed by atoms with Crippen molar-refractivity contribution in [3.05, 3.63) is 34.9 Å². The average Bonchev–Trinajstić information content (AvgIpc) is 2.18. The van der Waals surface area contributed by atoms with Gasteiger partial charge in [0.25, 0.3) is 0 Å². The van der Waals surface area contributed by atoms with Crippen LogP contribution in [0.1, 0.15) is 35.6 Å². The van der Waals surface area contributed by atoms with E-state index >= 15 is 0 Å². The molecule has 1 aromatic rings. The van der Waals surface area contributed by atoms with E-state index < -0.39 is 0 Å². The second-order valence-corrected chi connectivity index (χ2v) is 3.60. The largest absolute Gasteiger partial charge is 0.392 e. The van der Waals surface area contributed by atoms with Crippen LogP contribution in [0.3, 0.4) is 0 Å². The number of rotatable bonds is 1. The van der Waals surface area contributed by atoms with E-state index in [1.165, 1.54) is 5.56 Å². The van der Waals surface area contributed by atoms with E-state index in [2.05, 4.69) is 0 Å². The number of hydrogen-bond acceptors (Lipinski definition) is 2. The third kappa shape index (κ3) is 1.60. The molecule has 0 spiro atoms. The molecule has 0 fully saturated rings. The molecule has 1 atom stereocenters. The Morgan fingerprint density at radius 2 is 2.23 bits per heavy atom. The van der Waals surface area contributed by atoms with Crippen LogP contribution in [0.15, 0.2) is 18.2 Å². The Labute approximate surface area is 77.8 Å². The first-order chi connectivity index (χ1) is 6.31. The zero-order valence-electron chi connectivity index (χ0n) is 7.53. The summed E-state index contributed by atoms with van der Waals surface area (Å²) in [6, 6.07) is 5.82. The molecule has 70 valence electrons. The fraction of sp³-hybridized carbons (Fsp3) is 0.455. The minimum Gasteiger partial charge on any atom is -0.392 e. The van der Waals surface area contributed by atoms with Crippen molar-refractivity contribution in [3.8, 4) is 0 Å². The SMILES string of the molecule is OCc1ccc2c(c1)CCCC2O. The summed E-state index contributed by atoms with van der Waals surface area (Å²) in [5.74, 6) is 0. The van der Waals surface area contributed by atoms with Crippen LogP contribution in [0.2, 0.25) is 0 Å². The maximum Gasteiger partial charge on any atom is 0.0792 e. The Kier molecular flexibility index (Phi) is 2.34. The van der Waals surface area contributed by atoms with Crippen LogP contribution in [-0.4, -0.2) is 10.2 Å². The van der Waals surface area contributed by atoms with Crippen LogP contribution in [-0.2, 0) is 13.0 Å². The Hall–Kier alpha value is -0.860. The van der Waals surface area contributed by atoms with Gasteiger partial charge in [-0.05, 0) is 36.0 Å². The van der Waals surface area contributed by atoms with Crippen molar-refractivity contribution in [1.29, 1.82) is 0 Å². The summed E-state index contributed by atoms with van der Waals surface area (Å²) in [5.41, 5.74) is 3.18. The average molecular weight is 178 g/mol. The summed E-state index contributed by atoms with van der Waals surface area (Å²) in [5, 5.41) is 18.6.